The third-order valence-corrected chi connectivity index (χ3v) is 0. The van der Waals surface area contributed by atoms with Gasteiger partial charge in [0.2, 0.25) is 0 Å². The summed E-state index contributed by atoms with van der Waals surface area (Å²) in [6.07, 6.45) is 0. The van der Waals surface area contributed by atoms with Crippen LogP contribution in [0.1, 0.15) is 0 Å². The molecule has 0 fully saturated rings. The number of rotatable bonds is 0. The Hall–Kier alpha value is 2.36. The molecular formula is CHCsKNO5. The van der Waals surface area contributed by atoms with E-state index in [2.05, 4.69) is 0 Å². The van der Waals surface area contributed by atoms with Gasteiger partial charge in [0, 0.05) is 6.47 Å². The zero-order valence-corrected chi connectivity index (χ0v) is 14.5. The Bertz CT molecular complexity index is 64.0. The fourth-order valence-corrected chi connectivity index (χ4v) is 0. The molecule has 42 valence electrons. The maximum Gasteiger partial charge on any atom is 1.00 e. The van der Waals surface area contributed by atoms with E-state index in [1.54, 1.807) is 0 Å². The van der Waals surface area contributed by atoms with Crippen molar-refractivity contribution < 1.29 is 135 Å². The molecule has 8 heteroatoms. The Labute approximate surface area is 152 Å². The van der Waals surface area contributed by atoms with Gasteiger partial charge in [-0.2, -0.15) is 0 Å². The molecule has 0 radical (unpaired) electrons. The maximum atomic E-state index is 8.25. The third-order valence-electron chi connectivity index (χ3n) is 0. The van der Waals surface area contributed by atoms with Gasteiger partial charge in [-0.3, -0.25) is 0 Å². The standard InChI is InChI=1S/CH2O2.Cs.K.NO3/c2-1-3;;;2-1(3)4/h1H,(H,2,3);;;/q;2*+1;-1/p-1. The van der Waals surface area contributed by atoms with Crippen molar-refractivity contribution in [3.63, 3.8) is 0 Å². The Kier molecular flexibility index (Phi) is 56.1. The number of carboxylic acid groups (broad SMARTS) is 1. The molecule has 0 aliphatic rings. The van der Waals surface area contributed by atoms with Crippen LogP contribution in [-0.2, 0) is 4.79 Å². The quantitative estimate of drug-likeness (QED) is 0.189. The summed E-state index contributed by atoms with van der Waals surface area (Å²) in [4.78, 5) is 16.5. The van der Waals surface area contributed by atoms with Crippen LogP contribution in [0.15, 0.2) is 0 Å². The average molecular weight is 279 g/mol. The SMILES string of the molecule is O=C[O-].O=[N+]([O-])[O-].[Cs+].[K+]. The van der Waals surface area contributed by atoms with E-state index >= 15 is 0 Å². The van der Waals surface area contributed by atoms with Gasteiger partial charge in [-0.05, 0) is 0 Å². The minimum atomic E-state index is -1.75. The minimum absolute atomic E-state index is 0. The maximum absolute atomic E-state index is 8.25. The zero-order valence-electron chi connectivity index (χ0n) is 5.07. The van der Waals surface area contributed by atoms with Gasteiger partial charge in [0.25, 0.3) is 0 Å². The predicted molar refractivity (Wildman–Crippen MR) is 16.4 cm³/mol. The van der Waals surface area contributed by atoms with Crippen LogP contribution in [0.2, 0.25) is 0 Å². The molecule has 0 spiro atoms. The molecule has 0 aliphatic carbocycles. The molecule has 0 atom stereocenters. The van der Waals surface area contributed by atoms with Gasteiger partial charge < -0.3 is 25.2 Å². The van der Waals surface area contributed by atoms with E-state index in [0.717, 1.165) is 0 Å². The summed E-state index contributed by atoms with van der Waals surface area (Å²) in [5.41, 5.74) is 0. The molecule has 0 bridgehead atoms. The Morgan fingerprint density at radius 3 is 1.33 bits per heavy atom. The molecule has 0 amide bonds. The molecule has 0 rings (SSSR count). The van der Waals surface area contributed by atoms with Crippen LogP contribution < -0.4 is 125 Å². The van der Waals surface area contributed by atoms with E-state index < -0.39 is 11.6 Å². The van der Waals surface area contributed by atoms with Crippen molar-refractivity contribution >= 4 is 6.47 Å². The van der Waals surface area contributed by atoms with Crippen LogP contribution in [0.25, 0.3) is 0 Å². The summed E-state index contributed by atoms with van der Waals surface area (Å²) in [5.74, 6) is 0. The molecular weight excluding hydrogens is 278 g/mol. The fourth-order valence-electron chi connectivity index (χ4n) is 0. The molecule has 0 heterocycles. The van der Waals surface area contributed by atoms with E-state index in [1.807, 2.05) is 0 Å². The normalized spacial score (nSPS) is 4.00. The largest absolute Gasteiger partial charge is 1.00 e. The van der Waals surface area contributed by atoms with Crippen molar-refractivity contribution in [2.45, 2.75) is 0 Å². The predicted octanol–water partition coefficient (Wildman–Crippen LogP) is -7.86. The summed E-state index contributed by atoms with van der Waals surface area (Å²) in [5, 5.41) is 23.0. The Morgan fingerprint density at radius 1 is 1.33 bits per heavy atom. The zero-order chi connectivity index (χ0) is 6.28. The number of hydrogen-bond acceptors (Lipinski definition) is 5. The molecule has 0 unspecified atom stereocenters. The van der Waals surface area contributed by atoms with E-state index in [-0.39, 0.29) is 120 Å². The molecule has 0 aromatic heterocycles. The van der Waals surface area contributed by atoms with Gasteiger partial charge in [0.1, 0.15) is 0 Å². The first-order valence-electron chi connectivity index (χ1n) is 1.02. The molecule has 0 saturated heterocycles. The summed E-state index contributed by atoms with van der Waals surface area (Å²) < 4.78 is 0. The Balaban J connectivity index is -0.0000000233. The molecule has 0 aromatic rings. The van der Waals surface area contributed by atoms with Crippen LogP contribution in [0.5, 0.6) is 0 Å². The molecule has 9 heavy (non-hydrogen) atoms. The molecule has 0 aliphatic heterocycles. The molecule has 6 nitrogen and oxygen atoms in total. The van der Waals surface area contributed by atoms with Crippen molar-refractivity contribution in [2.24, 2.45) is 0 Å². The third kappa shape index (κ3) is 130. The summed E-state index contributed by atoms with van der Waals surface area (Å²) in [6, 6.07) is 0. The van der Waals surface area contributed by atoms with Crippen LogP contribution in [0.4, 0.5) is 0 Å². The monoisotopic (exact) mass is 279 g/mol. The first-order chi connectivity index (χ1) is 3.15. The number of carbonyl (C=O) groups excluding carboxylic acids is 1. The van der Waals surface area contributed by atoms with E-state index in [0.29, 0.717) is 0 Å². The average Bonchev–Trinajstić information content (AvgIpc) is 1.33. The molecule has 0 N–H and O–H groups in total. The van der Waals surface area contributed by atoms with Gasteiger partial charge in [-0.1, -0.05) is 0 Å². The van der Waals surface area contributed by atoms with Gasteiger partial charge >= 0.3 is 120 Å². The first-order valence-corrected chi connectivity index (χ1v) is 1.02. The second-order valence-corrected chi connectivity index (χ2v) is 0.320. The van der Waals surface area contributed by atoms with Crippen LogP contribution in [0.3, 0.4) is 0 Å². The summed E-state index contributed by atoms with van der Waals surface area (Å²) >= 11 is 0. The van der Waals surface area contributed by atoms with E-state index in [9.17, 15) is 0 Å². The van der Waals surface area contributed by atoms with Gasteiger partial charge in [0.05, 0.1) is 5.09 Å². The fraction of sp³-hybridized carbons (Fsp3) is 0. The topological polar surface area (TPSA) is 106 Å². The van der Waals surface area contributed by atoms with Crippen molar-refractivity contribution in [3.05, 3.63) is 15.3 Å². The smallest absolute Gasteiger partial charge is 0.554 e. The minimum Gasteiger partial charge on any atom is -0.554 e. The van der Waals surface area contributed by atoms with Crippen LogP contribution in [0, 0.1) is 15.3 Å². The Morgan fingerprint density at radius 2 is 1.33 bits per heavy atom. The van der Waals surface area contributed by atoms with E-state index in [1.165, 1.54) is 0 Å². The van der Waals surface area contributed by atoms with Crippen molar-refractivity contribution in [1.29, 1.82) is 0 Å². The second-order valence-electron chi connectivity index (χ2n) is 0.320. The van der Waals surface area contributed by atoms with Crippen LogP contribution in [-0.4, -0.2) is 11.6 Å². The van der Waals surface area contributed by atoms with Gasteiger partial charge in [0.15, 0.2) is 0 Å². The van der Waals surface area contributed by atoms with Crippen molar-refractivity contribution in [1.82, 2.24) is 0 Å². The van der Waals surface area contributed by atoms with Crippen molar-refractivity contribution in [2.75, 3.05) is 0 Å². The summed E-state index contributed by atoms with van der Waals surface area (Å²) in [7, 11) is 0. The van der Waals surface area contributed by atoms with Gasteiger partial charge in [-0.15, -0.1) is 0 Å². The van der Waals surface area contributed by atoms with Crippen molar-refractivity contribution in [3.8, 4) is 0 Å². The van der Waals surface area contributed by atoms with Crippen LogP contribution >= 0.6 is 0 Å². The summed E-state index contributed by atoms with van der Waals surface area (Å²) in [6.45, 7) is -0.500. The van der Waals surface area contributed by atoms with E-state index in [4.69, 9.17) is 25.2 Å². The molecule has 0 saturated carbocycles. The second kappa shape index (κ2) is 22.4. The molecule has 0 aromatic carbocycles. The number of nitrogens with zero attached hydrogens (tertiary/aromatic N) is 1. The first kappa shape index (κ1) is 22.5. The number of hydrogen-bond donors (Lipinski definition) is 0. The van der Waals surface area contributed by atoms with Gasteiger partial charge in [-0.25, -0.2) is 0 Å². The number of carbonyl (C=O) groups is 1.